The molecule has 4 nitrogen and oxygen atoms in total. The summed E-state index contributed by atoms with van der Waals surface area (Å²) in [6.45, 7) is 0.818. The van der Waals surface area contributed by atoms with Gasteiger partial charge in [0.1, 0.15) is 23.0 Å². The number of fused-ring (bicyclic) bond motifs is 9. The Morgan fingerprint density at radius 1 is 0.731 bits per heavy atom. The first-order chi connectivity index (χ1) is 25.8. The lowest BCUT2D eigenvalue weighted by Gasteiger charge is -2.48. The highest BCUT2D eigenvalue weighted by Gasteiger charge is 2.53. The zero-order valence-electron chi connectivity index (χ0n) is 28.9. The first kappa shape index (κ1) is 29.7. The molecule has 3 aliphatic heterocycles. The Balaban J connectivity index is 1.19. The van der Waals surface area contributed by atoms with Crippen molar-refractivity contribution in [3.8, 4) is 11.5 Å². The van der Waals surface area contributed by atoms with Crippen LogP contribution >= 0.6 is 0 Å². The van der Waals surface area contributed by atoms with E-state index in [-0.39, 0.29) is 12.0 Å². The minimum Gasteiger partial charge on any atom is -0.460 e. The van der Waals surface area contributed by atoms with Crippen molar-refractivity contribution >= 4 is 27.5 Å². The van der Waals surface area contributed by atoms with Gasteiger partial charge in [-0.2, -0.15) is 0 Å². The zero-order valence-corrected chi connectivity index (χ0v) is 28.9. The summed E-state index contributed by atoms with van der Waals surface area (Å²) in [4.78, 5) is 0. The molecular formula is C48H38N2O2. The van der Waals surface area contributed by atoms with Crippen molar-refractivity contribution in [3.05, 3.63) is 197 Å². The van der Waals surface area contributed by atoms with Gasteiger partial charge in [0.15, 0.2) is 0 Å². The average molecular weight is 675 g/mol. The van der Waals surface area contributed by atoms with Crippen LogP contribution in [0.25, 0.3) is 27.5 Å². The molecule has 0 radical (unpaired) electrons. The van der Waals surface area contributed by atoms with E-state index >= 15 is 0 Å². The summed E-state index contributed by atoms with van der Waals surface area (Å²) in [6.07, 6.45) is 28.3. The highest BCUT2D eigenvalue weighted by molar-refractivity contribution is 6.09. The molecule has 0 bridgehead atoms. The maximum Gasteiger partial charge on any atom is 0.132 e. The fraction of sp³-hybridized carbons (Fsp3) is 0.167. The summed E-state index contributed by atoms with van der Waals surface area (Å²) in [5.41, 5.74) is 10.5. The summed E-state index contributed by atoms with van der Waals surface area (Å²) in [7, 11) is 0. The van der Waals surface area contributed by atoms with Crippen LogP contribution in [0.15, 0.2) is 174 Å². The number of hydrogen-bond acceptors (Lipinski definition) is 3. The zero-order chi connectivity index (χ0) is 34.2. The molecule has 11 rings (SSSR count). The van der Waals surface area contributed by atoms with Crippen LogP contribution in [-0.4, -0.2) is 11.1 Å². The first-order valence-electron chi connectivity index (χ1n) is 18.7. The van der Waals surface area contributed by atoms with Crippen LogP contribution in [0.1, 0.15) is 59.9 Å². The Labute approximate surface area is 303 Å². The van der Waals surface area contributed by atoms with Crippen LogP contribution in [0, 0.1) is 0 Å². The van der Waals surface area contributed by atoms with Crippen molar-refractivity contribution in [1.82, 2.24) is 9.88 Å². The van der Waals surface area contributed by atoms with Crippen molar-refractivity contribution < 1.29 is 9.47 Å². The van der Waals surface area contributed by atoms with Gasteiger partial charge in [0, 0.05) is 56.7 Å². The van der Waals surface area contributed by atoms with E-state index in [1.807, 2.05) is 0 Å². The maximum absolute atomic E-state index is 7.24. The summed E-state index contributed by atoms with van der Waals surface area (Å²) >= 11 is 0. The van der Waals surface area contributed by atoms with Gasteiger partial charge in [-0.05, 0) is 67.2 Å². The first-order valence-corrected chi connectivity index (χ1v) is 18.7. The number of nitrogens with zero attached hydrogens (tertiary/aromatic N) is 1. The number of dihydropyridines is 1. The van der Waals surface area contributed by atoms with Crippen LogP contribution in [0.3, 0.4) is 0 Å². The van der Waals surface area contributed by atoms with E-state index in [1.54, 1.807) is 0 Å². The maximum atomic E-state index is 7.24. The molecule has 52 heavy (non-hydrogen) atoms. The van der Waals surface area contributed by atoms with Crippen LogP contribution in [0.5, 0.6) is 11.5 Å². The van der Waals surface area contributed by atoms with E-state index in [4.69, 9.17) is 9.47 Å². The molecule has 1 aromatic heterocycles. The molecule has 6 aliphatic rings. The van der Waals surface area contributed by atoms with Crippen LogP contribution < -0.4 is 14.8 Å². The number of allylic oxidation sites excluding steroid dienone is 13. The minimum atomic E-state index is -0.558. The third-order valence-electron chi connectivity index (χ3n) is 11.9. The molecule has 0 fully saturated rings. The fourth-order valence-electron chi connectivity index (χ4n) is 9.74. The molecule has 1 N–H and O–H groups in total. The van der Waals surface area contributed by atoms with Gasteiger partial charge in [-0.1, -0.05) is 121 Å². The van der Waals surface area contributed by atoms with Gasteiger partial charge in [0.25, 0.3) is 0 Å². The average Bonchev–Trinajstić information content (AvgIpc) is 3.56. The number of benzene rings is 4. The van der Waals surface area contributed by atoms with Gasteiger partial charge in [0.2, 0.25) is 0 Å². The molecule has 4 aromatic carbocycles. The van der Waals surface area contributed by atoms with E-state index in [0.29, 0.717) is 0 Å². The Kier molecular flexibility index (Phi) is 6.57. The van der Waals surface area contributed by atoms with E-state index < -0.39 is 5.41 Å². The van der Waals surface area contributed by atoms with Gasteiger partial charge in [-0.25, -0.2) is 0 Å². The Bertz CT molecular complexity index is 2600. The standard InChI is InChI=1S/C48H38N2O2/c1-2-14-32(15-3-1)50-42-24-7-4-16-33(42)34-17-12-18-35(46(34)50)36-19-13-22-40-47(36)52-44-26-9-6-21-38(44)48(40)37-20-5-8-25-43(37)51-45-30-31(27-28-39(45)48)41-23-10-11-29-49-41/h1-4,6-14,16-18,21-28,30,32,36,49H,5,15,19-20,29H2. The molecule has 3 atom stereocenters. The molecule has 4 heterocycles. The smallest absolute Gasteiger partial charge is 0.132 e. The second-order valence-electron chi connectivity index (χ2n) is 14.5. The van der Waals surface area contributed by atoms with Crippen LogP contribution in [-0.2, 0) is 5.41 Å². The van der Waals surface area contributed by atoms with Crippen molar-refractivity contribution in [3.63, 3.8) is 0 Å². The predicted octanol–water partition coefficient (Wildman–Crippen LogP) is 11.0. The molecule has 4 heteroatoms. The molecule has 0 saturated carbocycles. The summed E-state index contributed by atoms with van der Waals surface area (Å²) in [5.74, 6) is 3.86. The molecule has 0 amide bonds. The van der Waals surface area contributed by atoms with Crippen LogP contribution in [0.2, 0.25) is 0 Å². The van der Waals surface area contributed by atoms with E-state index in [1.165, 1.54) is 49.6 Å². The van der Waals surface area contributed by atoms with Crippen molar-refractivity contribution in [2.75, 3.05) is 6.54 Å². The molecule has 3 unspecified atom stereocenters. The van der Waals surface area contributed by atoms with Crippen molar-refractivity contribution in [1.29, 1.82) is 0 Å². The lowest BCUT2D eigenvalue weighted by Crippen LogP contribution is -2.42. The SMILES string of the molecule is C1=CCNC(c2ccc3c(c2)OC2=C(CCC=C2)C32C3=C(Oc4ccccc42)C(c2cccc4c5ccccc5n(C5C=CC=CC5)c24)CC=C3)=C1. The fourth-order valence-corrected chi connectivity index (χ4v) is 9.74. The number of rotatable bonds is 3. The van der Waals surface area contributed by atoms with Gasteiger partial charge >= 0.3 is 0 Å². The number of aromatic nitrogens is 1. The third-order valence-corrected chi connectivity index (χ3v) is 11.9. The lowest BCUT2D eigenvalue weighted by atomic mass is 9.58. The van der Waals surface area contributed by atoms with Gasteiger partial charge in [-0.3, -0.25) is 0 Å². The summed E-state index contributed by atoms with van der Waals surface area (Å²) < 4.78 is 16.7. The largest absolute Gasteiger partial charge is 0.460 e. The topological polar surface area (TPSA) is 35.4 Å². The molecule has 5 aromatic rings. The van der Waals surface area contributed by atoms with Crippen molar-refractivity contribution in [2.24, 2.45) is 0 Å². The number of nitrogens with one attached hydrogen (secondary N) is 1. The lowest BCUT2D eigenvalue weighted by molar-refractivity contribution is 0.325. The highest BCUT2D eigenvalue weighted by Crippen LogP contribution is 2.62. The third kappa shape index (κ3) is 4.15. The normalized spacial score (nSPS) is 23.9. The molecule has 1 spiro atoms. The number of hydrogen-bond donors (Lipinski definition) is 1. The Morgan fingerprint density at radius 2 is 1.63 bits per heavy atom. The second-order valence-corrected chi connectivity index (χ2v) is 14.5. The molecule has 3 aliphatic carbocycles. The van der Waals surface area contributed by atoms with E-state index in [0.717, 1.165) is 66.5 Å². The second kappa shape index (κ2) is 11.5. The Morgan fingerprint density at radius 3 is 2.56 bits per heavy atom. The monoisotopic (exact) mass is 674 g/mol. The van der Waals surface area contributed by atoms with Gasteiger partial charge in [0.05, 0.1) is 17.0 Å². The summed E-state index contributed by atoms with van der Waals surface area (Å²) in [6, 6.07) is 31.6. The molecule has 252 valence electrons. The minimum absolute atomic E-state index is 0.0252. The number of para-hydroxylation sites is 3. The van der Waals surface area contributed by atoms with Crippen LogP contribution in [0.4, 0.5) is 0 Å². The predicted molar refractivity (Wildman–Crippen MR) is 210 cm³/mol. The van der Waals surface area contributed by atoms with E-state index in [9.17, 15) is 0 Å². The van der Waals surface area contributed by atoms with Gasteiger partial charge < -0.3 is 19.4 Å². The van der Waals surface area contributed by atoms with Gasteiger partial charge in [-0.15, -0.1) is 0 Å². The summed E-state index contributed by atoms with van der Waals surface area (Å²) in [5, 5.41) is 6.14. The molecular weight excluding hydrogens is 637 g/mol. The quantitative estimate of drug-likeness (QED) is 0.207. The Hall–Kier alpha value is -6.00. The van der Waals surface area contributed by atoms with E-state index in [2.05, 4.69) is 162 Å². The number of ether oxygens (including phenoxy) is 2. The highest BCUT2D eigenvalue weighted by atomic mass is 16.5. The van der Waals surface area contributed by atoms with Crippen molar-refractivity contribution in [2.45, 2.75) is 43.1 Å². The molecule has 0 saturated heterocycles.